The highest BCUT2D eigenvalue weighted by molar-refractivity contribution is 5.73. The number of ether oxygens (including phenoxy) is 1. The van der Waals surface area contributed by atoms with Gasteiger partial charge in [0.2, 0.25) is 5.91 Å². The molecule has 4 nitrogen and oxygen atoms in total. The molecular weight excluding hydrogens is 218 g/mol. The van der Waals surface area contributed by atoms with Crippen LogP contribution < -0.4 is 0 Å². The number of aliphatic hydroxyl groups is 1. The highest BCUT2D eigenvalue weighted by Gasteiger charge is 2.26. The van der Waals surface area contributed by atoms with Gasteiger partial charge < -0.3 is 14.7 Å². The van der Waals surface area contributed by atoms with Crippen molar-refractivity contribution in [3.8, 4) is 0 Å². The first-order valence-electron chi connectivity index (χ1n) is 6.74. The van der Waals surface area contributed by atoms with Crippen LogP contribution in [0.25, 0.3) is 0 Å². The Kier molecular flexibility index (Phi) is 4.40. The molecule has 4 heteroatoms. The van der Waals surface area contributed by atoms with E-state index in [0.717, 1.165) is 51.6 Å². The zero-order chi connectivity index (χ0) is 12.3. The molecule has 0 aromatic heterocycles. The molecule has 1 aliphatic heterocycles. The smallest absolute Gasteiger partial charge is 0.219 e. The van der Waals surface area contributed by atoms with Crippen LogP contribution in [-0.2, 0) is 9.53 Å². The Morgan fingerprint density at radius 1 is 1.06 bits per heavy atom. The number of hydrogen-bond donors (Lipinski definition) is 1. The largest absolute Gasteiger partial charge is 0.393 e. The fraction of sp³-hybridized carbons (Fsp3) is 0.923. The quantitative estimate of drug-likeness (QED) is 0.793. The summed E-state index contributed by atoms with van der Waals surface area (Å²) in [5.74, 6) is 0.171. The molecule has 1 amide bonds. The van der Waals surface area contributed by atoms with Gasteiger partial charge in [0.1, 0.15) is 0 Å². The number of rotatable bonds is 2. The first-order valence-corrected chi connectivity index (χ1v) is 6.74. The monoisotopic (exact) mass is 241 g/mol. The second-order valence-corrected chi connectivity index (χ2v) is 5.27. The van der Waals surface area contributed by atoms with Crippen molar-refractivity contribution >= 4 is 5.91 Å². The lowest BCUT2D eigenvalue weighted by Gasteiger charge is -2.35. The van der Waals surface area contributed by atoms with Crippen LogP contribution in [0.5, 0.6) is 0 Å². The molecule has 0 atom stereocenters. The number of hydrogen-bond acceptors (Lipinski definition) is 3. The maximum Gasteiger partial charge on any atom is 0.219 e. The first-order chi connectivity index (χ1) is 8.15. The summed E-state index contributed by atoms with van der Waals surface area (Å²) in [6.45, 7) is 3.29. The number of piperidine rings is 1. The third-order valence-electron chi connectivity index (χ3n) is 3.92. The van der Waals surface area contributed by atoms with Gasteiger partial charge >= 0.3 is 0 Å². The van der Waals surface area contributed by atoms with Gasteiger partial charge in [-0.25, -0.2) is 0 Å². The number of carbonyl (C=O) groups is 1. The van der Waals surface area contributed by atoms with Gasteiger partial charge in [-0.15, -0.1) is 0 Å². The van der Waals surface area contributed by atoms with Gasteiger partial charge in [-0.05, 0) is 38.5 Å². The van der Waals surface area contributed by atoms with Crippen molar-refractivity contribution in [3.05, 3.63) is 0 Å². The number of amides is 1. The molecule has 17 heavy (non-hydrogen) atoms. The normalized spacial score (nSPS) is 31.5. The molecule has 0 unspecified atom stereocenters. The highest BCUT2D eigenvalue weighted by Crippen LogP contribution is 2.25. The summed E-state index contributed by atoms with van der Waals surface area (Å²) < 4.78 is 6.06. The Hall–Kier alpha value is -0.610. The van der Waals surface area contributed by atoms with E-state index < -0.39 is 0 Å². The van der Waals surface area contributed by atoms with Crippen molar-refractivity contribution in [1.29, 1.82) is 0 Å². The standard InChI is InChI=1S/C13H23NO3/c1-10(15)14-8-6-13(7-9-14)17-12-4-2-11(16)3-5-12/h11-13,16H,2-9H2,1H3/t11-,12+. The van der Waals surface area contributed by atoms with Gasteiger partial charge in [-0.2, -0.15) is 0 Å². The molecule has 1 aliphatic carbocycles. The number of carbonyl (C=O) groups excluding carboxylic acids is 1. The number of likely N-dealkylation sites (tertiary alicyclic amines) is 1. The predicted octanol–water partition coefficient (Wildman–Crippen LogP) is 1.32. The molecule has 0 aromatic rings. The van der Waals surface area contributed by atoms with Crippen molar-refractivity contribution in [3.63, 3.8) is 0 Å². The molecule has 1 heterocycles. The maximum absolute atomic E-state index is 11.2. The lowest BCUT2D eigenvalue weighted by atomic mass is 9.94. The summed E-state index contributed by atoms with van der Waals surface area (Å²) in [6.07, 6.45) is 6.14. The van der Waals surface area contributed by atoms with Crippen LogP contribution in [0.3, 0.4) is 0 Å². The van der Waals surface area contributed by atoms with Gasteiger partial charge in [0, 0.05) is 20.0 Å². The van der Waals surface area contributed by atoms with Crippen molar-refractivity contribution in [2.24, 2.45) is 0 Å². The third kappa shape index (κ3) is 3.68. The molecule has 2 aliphatic rings. The summed E-state index contributed by atoms with van der Waals surface area (Å²) in [5, 5.41) is 9.43. The first kappa shape index (κ1) is 12.8. The van der Waals surface area contributed by atoms with Crippen LogP contribution in [0.2, 0.25) is 0 Å². The van der Waals surface area contributed by atoms with Gasteiger partial charge in [-0.1, -0.05) is 0 Å². The van der Waals surface area contributed by atoms with Crippen molar-refractivity contribution in [2.45, 2.75) is 63.8 Å². The number of aliphatic hydroxyl groups excluding tert-OH is 1. The summed E-state index contributed by atoms with van der Waals surface area (Å²) in [5.41, 5.74) is 0. The van der Waals surface area contributed by atoms with E-state index in [2.05, 4.69) is 0 Å². The molecule has 1 N–H and O–H groups in total. The molecule has 0 spiro atoms. The number of nitrogens with zero attached hydrogens (tertiary/aromatic N) is 1. The topological polar surface area (TPSA) is 49.8 Å². The average Bonchev–Trinajstić information content (AvgIpc) is 2.33. The SMILES string of the molecule is CC(=O)N1CCC(O[C@H]2CC[C@@H](O)CC2)CC1. The minimum absolute atomic E-state index is 0.116. The van der Waals surface area contributed by atoms with Crippen molar-refractivity contribution in [2.75, 3.05) is 13.1 Å². The van der Waals surface area contributed by atoms with Crippen LogP contribution in [0, 0.1) is 0 Å². The van der Waals surface area contributed by atoms with E-state index >= 15 is 0 Å². The molecule has 98 valence electrons. The Balaban J connectivity index is 1.69. The maximum atomic E-state index is 11.2. The van der Waals surface area contributed by atoms with Gasteiger partial charge in [0.15, 0.2) is 0 Å². The lowest BCUT2D eigenvalue weighted by molar-refractivity contribution is -0.133. The minimum atomic E-state index is -0.116. The molecule has 0 aromatic carbocycles. The zero-order valence-corrected chi connectivity index (χ0v) is 10.6. The fourth-order valence-corrected chi connectivity index (χ4v) is 2.76. The van der Waals surface area contributed by atoms with Crippen molar-refractivity contribution < 1.29 is 14.6 Å². The van der Waals surface area contributed by atoms with E-state index in [1.165, 1.54) is 0 Å². The molecule has 1 saturated heterocycles. The van der Waals surface area contributed by atoms with Crippen LogP contribution in [-0.4, -0.2) is 47.3 Å². The average molecular weight is 241 g/mol. The summed E-state index contributed by atoms with van der Waals surface area (Å²) in [6, 6.07) is 0. The fourth-order valence-electron chi connectivity index (χ4n) is 2.76. The van der Waals surface area contributed by atoms with Crippen LogP contribution in [0.1, 0.15) is 45.4 Å². The van der Waals surface area contributed by atoms with E-state index in [4.69, 9.17) is 4.74 Å². The Morgan fingerprint density at radius 3 is 2.12 bits per heavy atom. The Morgan fingerprint density at radius 2 is 1.59 bits per heavy atom. The third-order valence-corrected chi connectivity index (χ3v) is 3.92. The molecule has 1 saturated carbocycles. The lowest BCUT2D eigenvalue weighted by Crippen LogP contribution is -2.41. The van der Waals surface area contributed by atoms with Crippen LogP contribution in [0.15, 0.2) is 0 Å². The van der Waals surface area contributed by atoms with E-state index in [9.17, 15) is 9.90 Å². The van der Waals surface area contributed by atoms with Crippen LogP contribution in [0.4, 0.5) is 0 Å². The van der Waals surface area contributed by atoms with E-state index in [-0.39, 0.29) is 12.0 Å². The Bertz CT molecular complexity index is 253. The second-order valence-electron chi connectivity index (χ2n) is 5.27. The second kappa shape index (κ2) is 5.83. The minimum Gasteiger partial charge on any atom is -0.393 e. The van der Waals surface area contributed by atoms with Crippen LogP contribution >= 0.6 is 0 Å². The summed E-state index contributed by atoms with van der Waals surface area (Å²) in [4.78, 5) is 13.1. The van der Waals surface area contributed by atoms with E-state index in [1.54, 1.807) is 6.92 Å². The Labute approximate surface area is 103 Å². The highest BCUT2D eigenvalue weighted by atomic mass is 16.5. The molecule has 0 bridgehead atoms. The molecule has 2 rings (SSSR count). The van der Waals surface area contributed by atoms with E-state index in [1.807, 2.05) is 4.90 Å². The van der Waals surface area contributed by atoms with Gasteiger partial charge in [-0.3, -0.25) is 4.79 Å². The summed E-state index contributed by atoms with van der Waals surface area (Å²) in [7, 11) is 0. The molecular formula is C13H23NO3. The predicted molar refractivity (Wildman–Crippen MR) is 64.6 cm³/mol. The van der Waals surface area contributed by atoms with Crippen molar-refractivity contribution in [1.82, 2.24) is 4.90 Å². The molecule has 0 radical (unpaired) electrons. The van der Waals surface area contributed by atoms with Gasteiger partial charge in [0.05, 0.1) is 18.3 Å². The summed E-state index contributed by atoms with van der Waals surface area (Å²) >= 11 is 0. The zero-order valence-electron chi connectivity index (χ0n) is 10.6. The molecule has 2 fully saturated rings. The van der Waals surface area contributed by atoms with Gasteiger partial charge in [0.25, 0.3) is 0 Å². The van der Waals surface area contributed by atoms with E-state index in [0.29, 0.717) is 12.2 Å².